The van der Waals surface area contributed by atoms with Crippen LogP contribution in [0, 0.1) is 17.0 Å². The number of benzene rings is 4. The molecule has 0 radical (unpaired) electrons. The minimum absolute atomic E-state index is 0.000876. The van der Waals surface area contributed by atoms with Gasteiger partial charge in [0.25, 0.3) is 17.5 Å². The molecular weight excluding hydrogens is 620 g/mol. The summed E-state index contributed by atoms with van der Waals surface area (Å²) in [4.78, 5) is 39.0. The van der Waals surface area contributed by atoms with Gasteiger partial charge < -0.3 is 4.74 Å². The van der Waals surface area contributed by atoms with Crippen LogP contribution in [0.4, 0.5) is 5.69 Å². The van der Waals surface area contributed by atoms with E-state index in [2.05, 4.69) is 11.6 Å². The zero-order valence-corrected chi connectivity index (χ0v) is 26.9. The number of nitrogens with zero attached hydrogens (tertiary/aromatic N) is 3. The van der Waals surface area contributed by atoms with E-state index >= 15 is 0 Å². The van der Waals surface area contributed by atoms with Gasteiger partial charge in [-0.15, -0.1) is 0 Å². The number of rotatable bonds is 14. The average Bonchev–Trinajstić information content (AvgIpc) is 3.82. The summed E-state index contributed by atoms with van der Waals surface area (Å²) in [6.07, 6.45) is 1.92. The monoisotopic (exact) mass is 656 g/mol. The molecule has 11 nitrogen and oxygen atoms in total. The van der Waals surface area contributed by atoms with Crippen molar-refractivity contribution in [1.29, 1.82) is 0 Å². The van der Waals surface area contributed by atoms with E-state index in [1.54, 1.807) is 60.7 Å². The van der Waals surface area contributed by atoms with Gasteiger partial charge in [0.15, 0.2) is 6.17 Å². The van der Waals surface area contributed by atoms with Gasteiger partial charge in [0.2, 0.25) is 10.0 Å². The molecule has 2 amide bonds. The molecule has 12 heteroatoms. The average molecular weight is 657 g/mol. The summed E-state index contributed by atoms with van der Waals surface area (Å²) in [6, 6.07) is 26.2. The maximum atomic E-state index is 14.4. The Kier molecular flexibility index (Phi) is 10.3. The number of hydrogen-bond donors (Lipinski definition) is 1. The number of aryl methyl sites for hydroxylation is 1. The van der Waals surface area contributed by atoms with Crippen molar-refractivity contribution in [2.45, 2.75) is 56.6 Å². The first-order valence-electron chi connectivity index (χ1n) is 15.4. The molecule has 0 unspecified atom stereocenters. The van der Waals surface area contributed by atoms with E-state index < -0.39 is 39.0 Å². The third-order valence-corrected chi connectivity index (χ3v) is 9.30. The van der Waals surface area contributed by atoms with Gasteiger partial charge >= 0.3 is 0 Å². The predicted octanol–water partition coefficient (Wildman–Crippen LogP) is 5.96. The molecule has 1 aliphatic rings. The molecule has 47 heavy (non-hydrogen) atoms. The van der Waals surface area contributed by atoms with E-state index in [0.29, 0.717) is 23.5 Å². The highest BCUT2D eigenvalue weighted by molar-refractivity contribution is 7.89. The molecule has 1 heterocycles. The van der Waals surface area contributed by atoms with Gasteiger partial charge in [-0.2, -0.15) is 4.72 Å². The summed E-state index contributed by atoms with van der Waals surface area (Å²) in [7, 11) is -4.15. The van der Waals surface area contributed by atoms with E-state index in [-0.39, 0.29) is 22.6 Å². The van der Waals surface area contributed by atoms with Crippen molar-refractivity contribution < 1.29 is 27.7 Å². The van der Waals surface area contributed by atoms with E-state index in [1.807, 2.05) is 13.0 Å². The number of amides is 2. The molecule has 4 aromatic rings. The fraction of sp³-hybridized carbons (Fsp3) is 0.257. The summed E-state index contributed by atoms with van der Waals surface area (Å²) in [6.45, 7) is 4.37. The van der Waals surface area contributed by atoms with Gasteiger partial charge in [-0.05, 0) is 55.7 Å². The molecule has 1 N–H and O–H groups in total. The fourth-order valence-corrected chi connectivity index (χ4v) is 6.44. The number of nitro benzene ring substituents is 1. The second kappa shape index (κ2) is 14.6. The summed E-state index contributed by atoms with van der Waals surface area (Å²) >= 11 is 0. The Morgan fingerprint density at radius 1 is 0.894 bits per heavy atom. The highest BCUT2D eigenvalue weighted by Crippen LogP contribution is 2.47. The number of ether oxygens (including phenoxy) is 1. The van der Waals surface area contributed by atoms with Gasteiger partial charge in [0.1, 0.15) is 11.8 Å². The fourth-order valence-electron chi connectivity index (χ4n) is 5.25. The lowest BCUT2D eigenvalue weighted by molar-refractivity contribution is -0.384. The lowest BCUT2D eigenvalue weighted by Crippen LogP contribution is -2.46. The Labute approximate surface area is 274 Å². The van der Waals surface area contributed by atoms with E-state index in [0.717, 1.165) is 24.8 Å². The normalized spacial score (nSPS) is 14.8. The maximum Gasteiger partial charge on any atom is 0.274 e. The van der Waals surface area contributed by atoms with Crippen LogP contribution in [0.15, 0.2) is 108 Å². The minimum Gasteiger partial charge on any atom is -0.493 e. The maximum absolute atomic E-state index is 14.4. The number of hydrogen-bond acceptors (Lipinski definition) is 7. The predicted molar refractivity (Wildman–Crippen MR) is 176 cm³/mol. The first-order valence-corrected chi connectivity index (χ1v) is 16.8. The number of nitrogens with one attached hydrogen (secondary N) is 1. The second-order valence-corrected chi connectivity index (χ2v) is 13.0. The summed E-state index contributed by atoms with van der Waals surface area (Å²) in [5.41, 5.74) is 2.08. The second-order valence-electron chi connectivity index (χ2n) is 11.3. The van der Waals surface area contributed by atoms with Crippen LogP contribution >= 0.6 is 0 Å². The van der Waals surface area contributed by atoms with Crippen LogP contribution in [-0.2, 0) is 21.2 Å². The number of unbranched alkanes of at least 4 members (excludes halogenated alkanes) is 2. The number of carbonyl (C=O) groups is 2. The van der Waals surface area contributed by atoms with Crippen LogP contribution in [0.3, 0.4) is 0 Å². The third kappa shape index (κ3) is 7.84. The highest BCUT2D eigenvalue weighted by Gasteiger charge is 2.56. The van der Waals surface area contributed by atoms with Gasteiger partial charge in [-0.25, -0.2) is 18.4 Å². The van der Waals surface area contributed by atoms with Crippen LogP contribution in [-0.4, -0.2) is 47.8 Å². The standard InChI is InChI=1S/C35H36N4O7S/c1-3-4-10-23-46-32-14-9-8-13-30(32)33-37(34(40)27-17-19-28(20-18-27)39(42)43)38(33)35(41)31(24-26-11-6-5-7-12-26)36-47(44,45)29-21-15-25(2)16-22-29/h5-9,11-22,31,33,36H,3-4,10,23-24H2,1-2H3/t31-,33-,37?,38?/m1/s1. The molecule has 0 saturated carbocycles. The minimum atomic E-state index is -4.15. The molecule has 4 aromatic carbocycles. The first-order chi connectivity index (χ1) is 22.6. The van der Waals surface area contributed by atoms with Gasteiger partial charge in [0.05, 0.1) is 16.4 Å². The quantitative estimate of drug-likeness (QED) is 0.0765. The summed E-state index contributed by atoms with van der Waals surface area (Å²) < 4.78 is 35.8. The van der Waals surface area contributed by atoms with E-state index in [1.165, 1.54) is 46.4 Å². The van der Waals surface area contributed by atoms with Crippen LogP contribution in [0.1, 0.15) is 59.4 Å². The van der Waals surface area contributed by atoms with Crippen molar-refractivity contribution in [3.8, 4) is 5.75 Å². The summed E-state index contributed by atoms with van der Waals surface area (Å²) in [5.74, 6) is -0.741. The lowest BCUT2D eigenvalue weighted by atomic mass is 10.1. The molecule has 244 valence electrons. The zero-order valence-electron chi connectivity index (χ0n) is 26.1. The molecular formula is C35H36N4O7S. The Bertz CT molecular complexity index is 1830. The Balaban J connectivity index is 1.52. The first kappa shape index (κ1) is 33.3. The van der Waals surface area contributed by atoms with Crippen molar-refractivity contribution in [3.63, 3.8) is 0 Å². The Morgan fingerprint density at radius 3 is 2.21 bits per heavy atom. The number of para-hydroxylation sites is 1. The SMILES string of the molecule is CCCCCOc1ccccc1[C@@H]1N(C(=O)c2ccc([N+](=O)[O-])cc2)N1C(=O)[C@@H](Cc1ccccc1)NS(=O)(=O)c1ccc(C)cc1. The van der Waals surface area contributed by atoms with Crippen LogP contribution in [0.25, 0.3) is 0 Å². The van der Waals surface area contributed by atoms with Crippen molar-refractivity contribution in [1.82, 2.24) is 14.7 Å². The number of non-ortho nitro benzene ring substituents is 1. The van der Waals surface area contributed by atoms with Crippen molar-refractivity contribution >= 4 is 27.5 Å². The highest BCUT2D eigenvalue weighted by atomic mass is 32.2. The molecule has 1 fully saturated rings. The molecule has 2 atom stereocenters. The van der Waals surface area contributed by atoms with Crippen LogP contribution in [0.2, 0.25) is 0 Å². The van der Waals surface area contributed by atoms with Crippen molar-refractivity contribution in [3.05, 3.63) is 135 Å². The summed E-state index contributed by atoms with van der Waals surface area (Å²) in [5, 5.41) is 13.7. The molecule has 0 bridgehead atoms. The lowest BCUT2D eigenvalue weighted by Gasteiger charge is -2.19. The van der Waals surface area contributed by atoms with Gasteiger partial charge in [-0.1, -0.05) is 86.0 Å². The van der Waals surface area contributed by atoms with Gasteiger partial charge in [-0.3, -0.25) is 19.7 Å². The zero-order chi connectivity index (χ0) is 33.6. The number of carbonyl (C=O) groups excluding carboxylic acids is 2. The van der Waals surface area contributed by atoms with Crippen LogP contribution < -0.4 is 9.46 Å². The third-order valence-electron chi connectivity index (χ3n) is 7.81. The topological polar surface area (TPSA) is 139 Å². The molecule has 0 aromatic heterocycles. The molecule has 1 saturated heterocycles. The number of hydrazine groups is 1. The molecule has 1 aliphatic heterocycles. The largest absolute Gasteiger partial charge is 0.493 e. The van der Waals surface area contributed by atoms with Crippen LogP contribution in [0.5, 0.6) is 5.75 Å². The molecule has 5 rings (SSSR count). The number of sulfonamides is 1. The molecule has 0 aliphatic carbocycles. The smallest absolute Gasteiger partial charge is 0.274 e. The Morgan fingerprint density at radius 2 is 1.55 bits per heavy atom. The molecule has 0 spiro atoms. The van der Waals surface area contributed by atoms with E-state index in [9.17, 15) is 28.1 Å². The number of nitro groups is 1. The van der Waals surface area contributed by atoms with E-state index in [4.69, 9.17) is 4.74 Å². The van der Waals surface area contributed by atoms with Gasteiger partial charge in [0, 0.05) is 23.3 Å². The Hall–Kier alpha value is -5.07. The van der Waals surface area contributed by atoms with Crippen molar-refractivity contribution in [2.24, 2.45) is 0 Å². The van der Waals surface area contributed by atoms with Crippen molar-refractivity contribution in [2.75, 3.05) is 6.61 Å².